The van der Waals surface area contributed by atoms with E-state index in [0.29, 0.717) is 18.5 Å². The van der Waals surface area contributed by atoms with Crippen molar-refractivity contribution in [3.63, 3.8) is 0 Å². The fourth-order valence-electron chi connectivity index (χ4n) is 2.32. The van der Waals surface area contributed by atoms with Crippen LogP contribution in [0.5, 0.6) is 0 Å². The summed E-state index contributed by atoms with van der Waals surface area (Å²) in [7, 11) is -0.860. The summed E-state index contributed by atoms with van der Waals surface area (Å²) in [4.78, 5) is 2.36. The van der Waals surface area contributed by atoms with Crippen LogP contribution in [0.3, 0.4) is 0 Å². The van der Waals surface area contributed by atoms with Gasteiger partial charge in [-0.05, 0) is 53.1 Å². The lowest BCUT2D eigenvalue weighted by Crippen LogP contribution is -2.49. The van der Waals surface area contributed by atoms with Gasteiger partial charge in [0.1, 0.15) is 0 Å². The van der Waals surface area contributed by atoms with Crippen LogP contribution in [0.1, 0.15) is 33.6 Å². The Morgan fingerprint density at radius 1 is 1.44 bits per heavy atom. The Morgan fingerprint density at radius 3 is 2.56 bits per heavy atom. The van der Waals surface area contributed by atoms with Crippen LogP contribution in [-0.4, -0.2) is 57.0 Å². The Bertz CT molecular complexity index is 365. The lowest BCUT2D eigenvalue weighted by molar-refractivity contribution is 0.178. The summed E-state index contributed by atoms with van der Waals surface area (Å²) in [6.07, 6.45) is 3.79. The lowest BCUT2D eigenvalue weighted by atomic mass is 9.91. The minimum atomic E-state index is -3.01. The molecule has 1 heterocycles. The molecule has 0 spiro atoms. The number of piperidine rings is 1. The van der Waals surface area contributed by atoms with Crippen molar-refractivity contribution in [3.05, 3.63) is 0 Å². The maximum absolute atomic E-state index is 11.6. The van der Waals surface area contributed by atoms with E-state index in [1.165, 1.54) is 25.6 Å². The summed E-state index contributed by atoms with van der Waals surface area (Å²) in [6.45, 7) is 8.55. The molecule has 1 fully saturated rings. The topological polar surface area (TPSA) is 49.4 Å². The number of hydrogen-bond acceptors (Lipinski definition) is 4. The molecule has 0 aromatic heterocycles. The molecule has 1 rings (SSSR count). The van der Waals surface area contributed by atoms with Crippen LogP contribution in [0.4, 0.5) is 0 Å². The molecule has 0 bridgehead atoms. The molecule has 5 heteroatoms. The highest BCUT2D eigenvalue weighted by Gasteiger charge is 2.31. The van der Waals surface area contributed by atoms with Gasteiger partial charge in [-0.1, -0.05) is 0 Å². The Labute approximate surface area is 112 Å². The van der Waals surface area contributed by atoms with Gasteiger partial charge in [0.15, 0.2) is 9.84 Å². The molecular formula is C13H28N2O2S. The van der Waals surface area contributed by atoms with Gasteiger partial charge in [0.05, 0.1) is 4.75 Å². The first-order valence-electron chi connectivity index (χ1n) is 6.75. The van der Waals surface area contributed by atoms with E-state index >= 15 is 0 Å². The number of nitrogens with one attached hydrogen (secondary N) is 1. The van der Waals surface area contributed by atoms with Crippen LogP contribution in [-0.2, 0) is 9.84 Å². The molecule has 18 heavy (non-hydrogen) atoms. The fourth-order valence-corrected chi connectivity index (χ4v) is 2.66. The summed E-state index contributed by atoms with van der Waals surface area (Å²) in [5.74, 6) is 0.624. The highest BCUT2D eigenvalue weighted by atomic mass is 32.2. The zero-order chi connectivity index (χ0) is 14.0. The Kier molecular flexibility index (Phi) is 5.21. The van der Waals surface area contributed by atoms with Gasteiger partial charge < -0.3 is 10.2 Å². The second-order valence-electron chi connectivity index (χ2n) is 6.37. The van der Waals surface area contributed by atoms with E-state index in [9.17, 15) is 8.42 Å². The molecule has 108 valence electrons. The fraction of sp³-hybridized carbons (Fsp3) is 1.00. The van der Waals surface area contributed by atoms with Gasteiger partial charge in [-0.3, -0.25) is 0 Å². The third-order valence-corrected chi connectivity index (χ3v) is 6.37. The quantitative estimate of drug-likeness (QED) is 0.818. The number of hydrogen-bond donors (Lipinski definition) is 1. The third kappa shape index (κ3) is 4.21. The second-order valence-corrected chi connectivity index (χ2v) is 9.02. The minimum Gasteiger partial charge on any atom is -0.312 e. The van der Waals surface area contributed by atoms with Crippen LogP contribution >= 0.6 is 0 Å². The van der Waals surface area contributed by atoms with Crippen LogP contribution in [0, 0.1) is 5.92 Å². The van der Waals surface area contributed by atoms with Crippen molar-refractivity contribution in [1.29, 1.82) is 0 Å². The molecule has 1 aliphatic heterocycles. The van der Waals surface area contributed by atoms with Crippen molar-refractivity contribution < 1.29 is 8.42 Å². The number of rotatable bonds is 5. The van der Waals surface area contributed by atoms with Gasteiger partial charge in [-0.2, -0.15) is 0 Å². The standard InChI is InChI=1S/C13H28N2O2S/c1-11(12-7-6-8-15(4)9-12)14-10-13(2,3)18(5,16)17/h11-12,14H,6-10H2,1-5H3. The molecule has 1 aliphatic rings. The first-order valence-corrected chi connectivity index (χ1v) is 8.64. The van der Waals surface area contributed by atoms with E-state index in [1.54, 1.807) is 13.8 Å². The predicted octanol–water partition coefficient (Wildman–Crippen LogP) is 1.13. The molecule has 1 saturated heterocycles. The average Bonchev–Trinajstić information content (AvgIpc) is 2.24. The highest BCUT2D eigenvalue weighted by Crippen LogP contribution is 2.20. The van der Waals surface area contributed by atoms with Gasteiger partial charge in [0.25, 0.3) is 0 Å². The molecule has 1 N–H and O–H groups in total. The molecule has 0 aliphatic carbocycles. The number of likely N-dealkylation sites (tertiary alicyclic amines) is 1. The summed E-state index contributed by atoms with van der Waals surface area (Å²) in [5.41, 5.74) is 0. The van der Waals surface area contributed by atoms with E-state index in [4.69, 9.17) is 0 Å². The molecule has 0 aromatic carbocycles. The molecule has 2 unspecified atom stereocenters. The zero-order valence-electron chi connectivity index (χ0n) is 12.4. The van der Waals surface area contributed by atoms with E-state index in [0.717, 1.165) is 6.54 Å². The van der Waals surface area contributed by atoms with Crippen LogP contribution in [0.15, 0.2) is 0 Å². The van der Waals surface area contributed by atoms with E-state index in [1.807, 2.05) is 0 Å². The Hall–Kier alpha value is -0.130. The van der Waals surface area contributed by atoms with Gasteiger partial charge in [-0.15, -0.1) is 0 Å². The monoisotopic (exact) mass is 276 g/mol. The third-order valence-electron chi connectivity index (χ3n) is 4.22. The second kappa shape index (κ2) is 5.88. The van der Waals surface area contributed by atoms with E-state index in [2.05, 4.69) is 24.2 Å². The Morgan fingerprint density at radius 2 is 2.06 bits per heavy atom. The van der Waals surface area contributed by atoms with Crippen molar-refractivity contribution in [2.24, 2.45) is 5.92 Å². The van der Waals surface area contributed by atoms with Gasteiger partial charge >= 0.3 is 0 Å². The van der Waals surface area contributed by atoms with E-state index < -0.39 is 14.6 Å². The summed E-state index contributed by atoms with van der Waals surface area (Å²) in [5, 5.41) is 3.41. The summed E-state index contributed by atoms with van der Waals surface area (Å²) in [6, 6.07) is 0.369. The molecule has 4 nitrogen and oxygen atoms in total. The van der Waals surface area contributed by atoms with Crippen molar-refractivity contribution in [2.75, 3.05) is 32.9 Å². The normalized spacial score (nSPS) is 25.1. The summed E-state index contributed by atoms with van der Waals surface area (Å²) >= 11 is 0. The van der Waals surface area contributed by atoms with Crippen molar-refractivity contribution >= 4 is 9.84 Å². The van der Waals surface area contributed by atoms with Crippen molar-refractivity contribution in [3.8, 4) is 0 Å². The molecule has 0 amide bonds. The first kappa shape index (κ1) is 15.9. The predicted molar refractivity (Wildman–Crippen MR) is 76.6 cm³/mol. The number of nitrogens with zero attached hydrogens (tertiary/aromatic N) is 1. The Balaban J connectivity index is 2.48. The highest BCUT2D eigenvalue weighted by molar-refractivity contribution is 7.92. The summed E-state index contributed by atoms with van der Waals surface area (Å²) < 4.78 is 22.6. The van der Waals surface area contributed by atoms with Crippen LogP contribution in [0.2, 0.25) is 0 Å². The molecule has 2 atom stereocenters. The van der Waals surface area contributed by atoms with Crippen LogP contribution in [0.25, 0.3) is 0 Å². The van der Waals surface area contributed by atoms with Crippen molar-refractivity contribution in [1.82, 2.24) is 10.2 Å². The average molecular weight is 276 g/mol. The minimum absolute atomic E-state index is 0.369. The molecule has 0 radical (unpaired) electrons. The first-order chi connectivity index (χ1) is 8.13. The van der Waals surface area contributed by atoms with Crippen molar-refractivity contribution in [2.45, 2.75) is 44.4 Å². The molecule has 0 aromatic rings. The number of sulfone groups is 1. The smallest absolute Gasteiger partial charge is 0.153 e. The van der Waals surface area contributed by atoms with Gasteiger partial charge in [0.2, 0.25) is 0 Å². The SMILES string of the molecule is CC(NCC(C)(C)S(C)(=O)=O)C1CCCN(C)C1. The van der Waals surface area contributed by atoms with Gasteiger partial charge in [0, 0.05) is 25.4 Å². The van der Waals surface area contributed by atoms with Gasteiger partial charge in [-0.25, -0.2) is 8.42 Å². The molecule has 0 saturated carbocycles. The molecular weight excluding hydrogens is 248 g/mol. The largest absolute Gasteiger partial charge is 0.312 e. The van der Waals surface area contributed by atoms with E-state index in [-0.39, 0.29) is 0 Å². The van der Waals surface area contributed by atoms with Crippen LogP contribution < -0.4 is 5.32 Å². The zero-order valence-corrected chi connectivity index (χ0v) is 13.2. The maximum atomic E-state index is 11.6. The lowest BCUT2D eigenvalue weighted by Gasteiger charge is -2.35. The maximum Gasteiger partial charge on any atom is 0.153 e.